The number of amides is 2. The first-order valence-corrected chi connectivity index (χ1v) is 11.0. The Morgan fingerprint density at radius 1 is 1.27 bits per heavy atom. The Balaban J connectivity index is 1.71. The van der Waals surface area contributed by atoms with Gasteiger partial charge in [-0.05, 0) is 30.7 Å². The number of carbonyl (C=O) groups excluding carboxylic acids is 1. The second-order valence-corrected chi connectivity index (χ2v) is 8.33. The summed E-state index contributed by atoms with van der Waals surface area (Å²) in [6.45, 7) is 1.49. The molecule has 2 aromatic rings. The first-order valence-electron chi connectivity index (χ1n) is 7.79. The van der Waals surface area contributed by atoms with Crippen molar-refractivity contribution in [1.29, 1.82) is 0 Å². The SMILES string of the molecule is O=C(NCc1ccc(Cl)c(Cl)c1)Nc1nc(CNCCC[PH](=O)O)cs1. The van der Waals surface area contributed by atoms with E-state index in [2.05, 4.69) is 20.9 Å². The largest absolute Gasteiger partial charge is 0.346 e. The molecule has 26 heavy (non-hydrogen) atoms. The Kier molecular flexibility index (Phi) is 8.84. The maximum absolute atomic E-state index is 11.9. The first kappa shape index (κ1) is 21.2. The van der Waals surface area contributed by atoms with Gasteiger partial charge in [-0.15, -0.1) is 11.3 Å². The van der Waals surface area contributed by atoms with Gasteiger partial charge in [-0.2, -0.15) is 0 Å². The van der Waals surface area contributed by atoms with E-state index in [1.54, 1.807) is 18.2 Å². The zero-order valence-electron chi connectivity index (χ0n) is 13.7. The molecule has 0 saturated carbocycles. The number of benzene rings is 1. The standard InChI is InChI=1S/C15H19Cl2N4O3PS/c16-12-3-2-10(6-13(12)17)7-19-14(22)21-15-20-11(9-26-15)8-18-4-1-5-25(23)24/h2-3,6,9,18,25H,1,4-5,7-8H2,(H,23,24)(H2,19,20,21,22). The minimum absolute atomic E-state index is 0.316. The van der Waals surface area contributed by atoms with Crippen molar-refractivity contribution in [2.45, 2.75) is 19.5 Å². The van der Waals surface area contributed by atoms with E-state index in [4.69, 9.17) is 28.1 Å². The molecule has 0 saturated heterocycles. The lowest BCUT2D eigenvalue weighted by molar-refractivity contribution is 0.251. The molecule has 1 aromatic heterocycles. The summed E-state index contributed by atoms with van der Waals surface area (Å²) in [4.78, 5) is 25.0. The monoisotopic (exact) mass is 436 g/mol. The van der Waals surface area contributed by atoms with Gasteiger partial charge in [0.05, 0.1) is 15.7 Å². The predicted molar refractivity (Wildman–Crippen MR) is 107 cm³/mol. The summed E-state index contributed by atoms with van der Waals surface area (Å²) in [6.07, 6.45) is 0.960. The predicted octanol–water partition coefficient (Wildman–Crippen LogP) is 3.72. The summed E-state index contributed by atoms with van der Waals surface area (Å²) in [6, 6.07) is 4.80. The van der Waals surface area contributed by atoms with E-state index in [1.165, 1.54) is 11.3 Å². The molecule has 0 spiro atoms. The number of urea groups is 1. The number of thiazole rings is 1. The van der Waals surface area contributed by atoms with Crippen LogP contribution in [0.1, 0.15) is 17.7 Å². The maximum atomic E-state index is 11.9. The van der Waals surface area contributed by atoms with Gasteiger partial charge in [0.1, 0.15) is 0 Å². The molecule has 0 aliphatic rings. The molecule has 1 heterocycles. The molecule has 0 radical (unpaired) electrons. The third kappa shape index (κ3) is 7.61. The van der Waals surface area contributed by atoms with Crippen molar-refractivity contribution in [3.63, 3.8) is 0 Å². The van der Waals surface area contributed by atoms with Crippen molar-refractivity contribution in [2.75, 3.05) is 18.0 Å². The molecular weight excluding hydrogens is 418 g/mol. The molecule has 142 valence electrons. The van der Waals surface area contributed by atoms with Gasteiger partial charge < -0.3 is 15.5 Å². The Bertz CT molecular complexity index is 775. The van der Waals surface area contributed by atoms with Crippen LogP contribution in [-0.2, 0) is 17.7 Å². The molecule has 11 heteroatoms. The number of aromatic nitrogens is 1. The summed E-state index contributed by atoms with van der Waals surface area (Å²) < 4.78 is 10.6. The molecule has 2 rings (SSSR count). The first-order chi connectivity index (χ1) is 12.4. The van der Waals surface area contributed by atoms with E-state index in [1.807, 2.05) is 5.38 Å². The van der Waals surface area contributed by atoms with E-state index in [9.17, 15) is 9.36 Å². The highest BCUT2D eigenvalue weighted by Crippen LogP contribution is 2.22. The normalized spacial score (nSPS) is 12.0. The smallest absolute Gasteiger partial charge is 0.321 e. The topological polar surface area (TPSA) is 103 Å². The quantitative estimate of drug-likeness (QED) is 0.354. The van der Waals surface area contributed by atoms with Crippen LogP contribution in [0.15, 0.2) is 23.6 Å². The van der Waals surface area contributed by atoms with Crippen molar-refractivity contribution < 1.29 is 14.3 Å². The second-order valence-electron chi connectivity index (χ2n) is 5.37. The molecule has 2 amide bonds. The molecule has 0 aliphatic carbocycles. The van der Waals surface area contributed by atoms with Crippen molar-refractivity contribution in [3.05, 3.63) is 44.9 Å². The van der Waals surface area contributed by atoms with Gasteiger partial charge in [-0.3, -0.25) is 9.88 Å². The minimum atomic E-state index is -2.39. The highest BCUT2D eigenvalue weighted by Gasteiger charge is 2.07. The zero-order chi connectivity index (χ0) is 18.9. The third-order valence-corrected chi connectivity index (χ3v) is 5.59. The average molecular weight is 437 g/mol. The fourth-order valence-corrected chi connectivity index (χ4v) is 3.51. The zero-order valence-corrected chi connectivity index (χ0v) is 17.0. The molecule has 1 atom stereocenters. The molecule has 1 unspecified atom stereocenters. The van der Waals surface area contributed by atoms with Crippen molar-refractivity contribution in [1.82, 2.24) is 15.6 Å². The summed E-state index contributed by atoms with van der Waals surface area (Å²) >= 11 is 13.1. The van der Waals surface area contributed by atoms with Gasteiger partial charge >= 0.3 is 6.03 Å². The highest BCUT2D eigenvalue weighted by molar-refractivity contribution is 7.37. The fraction of sp³-hybridized carbons (Fsp3) is 0.333. The van der Waals surface area contributed by atoms with E-state index in [0.29, 0.717) is 47.4 Å². The molecule has 1 aromatic carbocycles. The Hall–Kier alpha value is -1.15. The van der Waals surface area contributed by atoms with Crippen LogP contribution in [0.5, 0.6) is 0 Å². The van der Waals surface area contributed by atoms with Crippen LogP contribution >= 0.6 is 42.6 Å². The van der Waals surface area contributed by atoms with E-state index >= 15 is 0 Å². The van der Waals surface area contributed by atoms with E-state index < -0.39 is 8.03 Å². The second kappa shape index (κ2) is 10.9. The molecule has 4 N–H and O–H groups in total. The van der Waals surface area contributed by atoms with Crippen LogP contribution in [-0.4, -0.2) is 28.6 Å². The number of nitrogens with zero attached hydrogens (tertiary/aromatic N) is 1. The number of carbonyl (C=O) groups is 1. The molecule has 0 bridgehead atoms. The summed E-state index contributed by atoms with van der Waals surface area (Å²) in [5, 5.41) is 11.8. The van der Waals surface area contributed by atoms with Crippen LogP contribution in [0.3, 0.4) is 0 Å². The van der Waals surface area contributed by atoms with Gasteiger partial charge in [0.2, 0.25) is 0 Å². The highest BCUT2D eigenvalue weighted by atomic mass is 35.5. The molecule has 7 nitrogen and oxygen atoms in total. The summed E-state index contributed by atoms with van der Waals surface area (Å²) in [5.41, 5.74) is 1.63. The van der Waals surface area contributed by atoms with Crippen molar-refractivity contribution >= 4 is 53.7 Å². The van der Waals surface area contributed by atoms with Gasteiger partial charge in [0.15, 0.2) is 13.2 Å². The minimum Gasteiger partial charge on any atom is -0.346 e. The van der Waals surface area contributed by atoms with Gasteiger partial charge in [0, 0.05) is 24.6 Å². The lowest BCUT2D eigenvalue weighted by Gasteiger charge is -2.06. The van der Waals surface area contributed by atoms with Crippen LogP contribution in [0.25, 0.3) is 0 Å². The molecular formula is C15H19Cl2N4O3PS. The summed E-state index contributed by atoms with van der Waals surface area (Å²) in [5.74, 6) is 0. The summed E-state index contributed by atoms with van der Waals surface area (Å²) in [7, 11) is -2.39. The van der Waals surface area contributed by atoms with Gasteiger partial charge in [-0.25, -0.2) is 9.78 Å². The lowest BCUT2D eigenvalue weighted by atomic mass is 10.2. The Morgan fingerprint density at radius 2 is 2.08 bits per heavy atom. The van der Waals surface area contributed by atoms with Crippen molar-refractivity contribution in [2.24, 2.45) is 0 Å². The number of hydrogen-bond donors (Lipinski definition) is 4. The van der Waals surface area contributed by atoms with Crippen LogP contribution in [0, 0.1) is 0 Å². The van der Waals surface area contributed by atoms with E-state index in [-0.39, 0.29) is 6.03 Å². The molecule has 0 aliphatic heterocycles. The number of nitrogens with one attached hydrogen (secondary N) is 3. The maximum Gasteiger partial charge on any atom is 0.321 e. The Labute approximate surface area is 166 Å². The van der Waals surface area contributed by atoms with Gasteiger partial charge in [-0.1, -0.05) is 29.3 Å². The van der Waals surface area contributed by atoms with Crippen LogP contribution in [0.4, 0.5) is 9.93 Å². The van der Waals surface area contributed by atoms with Gasteiger partial charge in [0.25, 0.3) is 0 Å². The van der Waals surface area contributed by atoms with Crippen LogP contribution < -0.4 is 16.0 Å². The van der Waals surface area contributed by atoms with Crippen molar-refractivity contribution in [3.8, 4) is 0 Å². The average Bonchev–Trinajstić information content (AvgIpc) is 3.02. The van der Waals surface area contributed by atoms with E-state index in [0.717, 1.165) is 11.3 Å². The fourth-order valence-electron chi connectivity index (χ4n) is 2.00. The number of hydrogen-bond acceptors (Lipinski definition) is 5. The number of halogens is 2. The Morgan fingerprint density at radius 3 is 2.81 bits per heavy atom. The number of rotatable bonds is 9. The van der Waals surface area contributed by atoms with Crippen LogP contribution in [0.2, 0.25) is 10.0 Å². The lowest BCUT2D eigenvalue weighted by Crippen LogP contribution is -2.28. The number of anilines is 1. The molecule has 0 fully saturated rings. The third-order valence-electron chi connectivity index (χ3n) is 3.26.